The quantitative estimate of drug-likeness (QED) is 0.888. The number of hydrogen-bond donors (Lipinski definition) is 2. The first-order valence-electron chi connectivity index (χ1n) is 6.73. The first-order valence-corrected chi connectivity index (χ1v) is 6.73. The molecule has 1 amide bonds. The molecule has 2 aromatic carbocycles. The minimum absolute atomic E-state index is 0.0449. The summed E-state index contributed by atoms with van der Waals surface area (Å²) in [5.41, 5.74) is 5.36. The lowest BCUT2D eigenvalue weighted by molar-refractivity contribution is -0.114. The lowest BCUT2D eigenvalue weighted by Gasteiger charge is -2.10. The minimum Gasteiger partial charge on any atom is -0.376 e. The van der Waals surface area contributed by atoms with Crippen LogP contribution in [0.4, 0.5) is 11.4 Å². The molecule has 0 aromatic heterocycles. The Labute approximate surface area is 120 Å². The fourth-order valence-electron chi connectivity index (χ4n) is 1.97. The summed E-state index contributed by atoms with van der Waals surface area (Å²) in [5, 5.41) is 6.05. The van der Waals surface area contributed by atoms with Gasteiger partial charge in [0.1, 0.15) is 0 Å². The molecule has 2 aromatic rings. The SMILES string of the molecule is Cc1ccc(NC(=O)CNc2ccccc2C)cc1C. The van der Waals surface area contributed by atoms with Crippen LogP contribution in [-0.4, -0.2) is 12.5 Å². The normalized spacial score (nSPS) is 10.2. The number of hydrogen-bond acceptors (Lipinski definition) is 2. The molecule has 20 heavy (non-hydrogen) atoms. The van der Waals surface area contributed by atoms with Gasteiger partial charge in [0.15, 0.2) is 0 Å². The average Bonchev–Trinajstić information content (AvgIpc) is 2.42. The molecule has 0 atom stereocenters. The largest absolute Gasteiger partial charge is 0.376 e. The maximum atomic E-state index is 11.9. The summed E-state index contributed by atoms with van der Waals surface area (Å²) < 4.78 is 0. The number of benzene rings is 2. The van der Waals surface area contributed by atoms with E-state index in [1.54, 1.807) is 0 Å². The molecule has 0 aliphatic heterocycles. The van der Waals surface area contributed by atoms with Crippen LogP contribution in [0.5, 0.6) is 0 Å². The fourth-order valence-corrected chi connectivity index (χ4v) is 1.97. The van der Waals surface area contributed by atoms with Crippen LogP contribution < -0.4 is 10.6 Å². The molecule has 2 N–H and O–H groups in total. The third-order valence-electron chi connectivity index (χ3n) is 3.38. The van der Waals surface area contributed by atoms with Crippen LogP contribution >= 0.6 is 0 Å². The number of anilines is 2. The highest BCUT2D eigenvalue weighted by Crippen LogP contribution is 2.15. The summed E-state index contributed by atoms with van der Waals surface area (Å²) in [6.07, 6.45) is 0. The van der Waals surface area contributed by atoms with Gasteiger partial charge >= 0.3 is 0 Å². The van der Waals surface area contributed by atoms with Crippen molar-refractivity contribution in [2.24, 2.45) is 0 Å². The molecule has 0 aliphatic rings. The van der Waals surface area contributed by atoms with Gasteiger partial charge < -0.3 is 10.6 Å². The van der Waals surface area contributed by atoms with E-state index in [2.05, 4.69) is 17.6 Å². The summed E-state index contributed by atoms with van der Waals surface area (Å²) in [6, 6.07) is 13.9. The van der Waals surface area contributed by atoms with E-state index in [1.807, 2.05) is 56.3 Å². The second kappa shape index (κ2) is 6.24. The van der Waals surface area contributed by atoms with Crippen LogP contribution in [0.1, 0.15) is 16.7 Å². The van der Waals surface area contributed by atoms with E-state index in [1.165, 1.54) is 11.1 Å². The van der Waals surface area contributed by atoms with Gasteiger partial charge in [0.05, 0.1) is 6.54 Å². The topological polar surface area (TPSA) is 41.1 Å². The number of amides is 1. The molecule has 0 saturated carbocycles. The third kappa shape index (κ3) is 3.60. The molecule has 3 heteroatoms. The van der Waals surface area contributed by atoms with E-state index in [9.17, 15) is 4.79 Å². The number of nitrogens with one attached hydrogen (secondary N) is 2. The standard InChI is InChI=1S/C17H20N2O/c1-12-8-9-15(10-14(12)3)19-17(20)11-18-16-7-5-4-6-13(16)2/h4-10,18H,11H2,1-3H3,(H,19,20). The van der Waals surface area contributed by atoms with Crippen molar-refractivity contribution in [1.82, 2.24) is 0 Å². The predicted octanol–water partition coefficient (Wildman–Crippen LogP) is 3.66. The Hall–Kier alpha value is -2.29. The molecular weight excluding hydrogens is 248 g/mol. The molecule has 0 aliphatic carbocycles. The van der Waals surface area contributed by atoms with Crippen LogP contribution in [0.2, 0.25) is 0 Å². The highest BCUT2D eigenvalue weighted by Gasteiger charge is 2.04. The van der Waals surface area contributed by atoms with E-state index in [0.717, 1.165) is 16.9 Å². The first-order chi connectivity index (χ1) is 9.56. The van der Waals surface area contributed by atoms with Crippen molar-refractivity contribution in [3.05, 3.63) is 59.2 Å². The molecule has 0 saturated heterocycles. The Balaban J connectivity index is 1.93. The van der Waals surface area contributed by atoms with Crippen molar-refractivity contribution >= 4 is 17.3 Å². The Morgan fingerprint density at radius 3 is 2.40 bits per heavy atom. The van der Waals surface area contributed by atoms with E-state index >= 15 is 0 Å². The van der Waals surface area contributed by atoms with Crippen molar-refractivity contribution in [3.8, 4) is 0 Å². The third-order valence-corrected chi connectivity index (χ3v) is 3.38. The number of carbonyl (C=O) groups excluding carboxylic acids is 1. The molecule has 0 unspecified atom stereocenters. The Kier molecular flexibility index (Phi) is 4.41. The van der Waals surface area contributed by atoms with Gasteiger partial charge in [-0.3, -0.25) is 4.79 Å². The summed E-state index contributed by atoms with van der Waals surface area (Å²) in [7, 11) is 0. The van der Waals surface area contributed by atoms with Crippen molar-refractivity contribution in [3.63, 3.8) is 0 Å². The van der Waals surface area contributed by atoms with E-state index in [0.29, 0.717) is 0 Å². The fraction of sp³-hybridized carbons (Fsp3) is 0.235. The van der Waals surface area contributed by atoms with Gasteiger partial charge in [-0.15, -0.1) is 0 Å². The van der Waals surface area contributed by atoms with Crippen LogP contribution in [0.25, 0.3) is 0 Å². The number of aryl methyl sites for hydroxylation is 3. The molecule has 2 rings (SSSR count). The lowest BCUT2D eigenvalue weighted by Crippen LogP contribution is -2.22. The summed E-state index contributed by atoms with van der Waals surface area (Å²) >= 11 is 0. The molecule has 0 heterocycles. The van der Waals surface area contributed by atoms with Crippen molar-refractivity contribution < 1.29 is 4.79 Å². The summed E-state index contributed by atoms with van der Waals surface area (Å²) in [6.45, 7) is 6.37. The van der Waals surface area contributed by atoms with Gasteiger partial charge in [-0.1, -0.05) is 24.3 Å². The second-order valence-electron chi connectivity index (χ2n) is 5.02. The maximum absolute atomic E-state index is 11.9. The zero-order chi connectivity index (χ0) is 14.5. The molecule has 0 spiro atoms. The van der Waals surface area contributed by atoms with Gasteiger partial charge in [-0.25, -0.2) is 0 Å². The minimum atomic E-state index is -0.0449. The van der Waals surface area contributed by atoms with Crippen LogP contribution in [0, 0.1) is 20.8 Å². The smallest absolute Gasteiger partial charge is 0.243 e. The Morgan fingerprint density at radius 2 is 1.70 bits per heavy atom. The molecular formula is C17H20N2O. The lowest BCUT2D eigenvalue weighted by atomic mass is 10.1. The van der Waals surface area contributed by atoms with Crippen molar-refractivity contribution in [2.75, 3.05) is 17.2 Å². The molecule has 3 nitrogen and oxygen atoms in total. The average molecular weight is 268 g/mol. The molecule has 0 radical (unpaired) electrons. The van der Waals surface area contributed by atoms with E-state index < -0.39 is 0 Å². The van der Waals surface area contributed by atoms with E-state index in [4.69, 9.17) is 0 Å². The van der Waals surface area contributed by atoms with Gasteiger partial charge in [0.2, 0.25) is 5.91 Å². The second-order valence-corrected chi connectivity index (χ2v) is 5.02. The zero-order valence-electron chi connectivity index (χ0n) is 12.2. The Bertz CT molecular complexity index is 620. The highest BCUT2D eigenvalue weighted by molar-refractivity contribution is 5.93. The van der Waals surface area contributed by atoms with Gasteiger partial charge in [0.25, 0.3) is 0 Å². The highest BCUT2D eigenvalue weighted by atomic mass is 16.1. The van der Waals surface area contributed by atoms with Gasteiger partial charge in [-0.2, -0.15) is 0 Å². The molecule has 104 valence electrons. The number of rotatable bonds is 4. The van der Waals surface area contributed by atoms with Gasteiger partial charge in [0, 0.05) is 11.4 Å². The summed E-state index contributed by atoms with van der Waals surface area (Å²) in [4.78, 5) is 11.9. The van der Waals surface area contributed by atoms with Crippen LogP contribution in [0.3, 0.4) is 0 Å². The molecule has 0 bridgehead atoms. The van der Waals surface area contributed by atoms with Crippen LogP contribution in [-0.2, 0) is 4.79 Å². The van der Waals surface area contributed by atoms with Crippen molar-refractivity contribution in [2.45, 2.75) is 20.8 Å². The monoisotopic (exact) mass is 268 g/mol. The maximum Gasteiger partial charge on any atom is 0.243 e. The Morgan fingerprint density at radius 1 is 0.950 bits per heavy atom. The predicted molar refractivity (Wildman–Crippen MR) is 84.2 cm³/mol. The van der Waals surface area contributed by atoms with Gasteiger partial charge in [-0.05, 0) is 55.7 Å². The number of para-hydroxylation sites is 1. The molecule has 0 fully saturated rings. The van der Waals surface area contributed by atoms with E-state index in [-0.39, 0.29) is 12.5 Å². The summed E-state index contributed by atoms with van der Waals surface area (Å²) in [5.74, 6) is -0.0449. The number of carbonyl (C=O) groups is 1. The zero-order valence-corrected chi connectivity index (χ0v) is 12.2. The first kappa shape index (κ1) is 14.1. The van der Waals surface area contributed by atoms with Crippen LogP contribution in [0.15, 0.2) is 42.5 Å². The van der Waals surface area contributed by atoms with Crippen molar-refractivity contribution in [1.29, 1.82) is 0 Å².